The molecule has 7 nitrogen and oxygen atoms in total. The number of aryl methyl sites for hydroxylation is 4. The molecule has 0 radical (unpaired) electrons. The largest absolute Gasteiger partial charge is 0.419 e. The molecule has 24 heavy (non-hydrogen) atoms. The molecule has 2 heterocycles. The maximum absolute atomic E-state index is 12.0. The molecule has 1 N–H and O–H groups in total. The fraction of sp³-hybridized carbons (Fsp3) is 0.294. The van der Waals surface area contributed by atoms with E-state index in [0.717, 1.165) is 22.6 Å². The summed E-state index contributed by atoms with van der Waals surface area (Å²) in [5, 5.41) is 15.1. The zero-order valence-electron chi connectivity index (χ0n) is 13.9. The summed E-state index contributed by atoms with van der Waals surface area (Å²) in [5.74, 6) is 0.755. The van der Waals surface area contributed by atoms with Crippen molar-refractivity contribution >= 4 is 11.6 Å². The highest BCUT2D eigenvalue weighted by atomic mass is 16.4. The molecule has 0 aliphatic heterocycles. The first kappa shape index (κ1) is 15.9. The third kappa shape index (κ3) is 3.68. The van der Waals surface area contributed by atoms with Crippen molar-refractivity contribution in [3.63, 3.8) is 0 Å². The van der Waals surface area contributed by atoms with Crippen molar-refractivity contribution in [3.8, 4) is 11.6 Å². The first-order chi connectivity index (χ1) is 11.5. The van der Waals surface area contributed by atoms with Crippen LogP contribution in [0.25, 0.3) is 11.6 Å². The van der Waals surface area contributed by atoms with Crippen LogP contribution in [0.1, 0.15) is 23.6 Å². The number of benzene rings is 1. The monoisotopic (exact) mass is 325 g/mol. The van der Waals surface area contributed by atoms with Crippen molar-refractivity contribution in [2.75, 3.05) is 5.32 Å². The van der Waals surface area contributed by atoms with Gasteiger partial charge in [-0.3, -0.25) is 9.48 Å². The van der Waals surface area contributed by atoms with Crippen LogP contribution < -0.4 is 5.32 Å². The Morgan fingerprint density at radius 2 is 1.96 bits per heavy atom. The van der Waals surface area contributed by atoms with E-state index in [4.69, 9.17) is 4.42 Å². The number of aromatic nitrogens is 4. The Kier molecular flexibility index (Phi) is 4.41. The van der Waals surface area contributed by atoms with Crippen molar-refractivity contribution in [3.05, 3.63) is 47.5 Å². The van der Waals surface area contributed by atoms with Gasteiger partial charge in [-0.15, -0.1) is 10.2 Å². The van der Waals surface area contributed by atoms with Crippen LogP contribution in [0.3, 0.4) is 0 Å². The Morgan fingerprint density at radius 3 is 2.62 bits per heavy atom. The average molecular weight is 325 g/mol. The first-order valence-electron chi connectivity index (χ1n) is 7.71. The topological polar surface area (TPSA) is 85.8 Å². The van der Waals surface area contributed by atoms with Gasteiger partial charge in [0.2, 0.25) is 11.8 Å². The van der Waals surface area contributed by atoms with E-state index in [1.165, 1.54) is 0 Å². The number of hydrogen-bond donors (Lipinski definition) is 1. The van der Waals surface area contributed by atoms with Crippen LogP contribution in [0.5, 0.6) is 0 Å². The predicted molar refractivity (Wildman–Crippen MR) is 89.4 cm³/mol. The molecule has 1 aromatic carbocycles. The summed E-state index contributed by atoms with van der Waals surface area (Å²) in [7, 11) is 1.82. The lowest BCUT2D eigenvalue weighted by atomic mass is 10.2. The Labute approximate surface area is 139 Å². The van der Waals surface area contributed by atoms with Crippen LogP contribution in [-0.4, -0.2) is 25.9 Å². The van der Waals surface area contributed by atoms with Crippen molar-refractivity contribution in [1.82, 2.24) is 20.0 Å². The normalized spacial score (nSPS) is 10.8. The van der Waals surface area contributed by atoms with E-state index in [1.807, 2.05) is 51.2 Å². The molecule has 0 bridgehead atoms. The first-order valence-corrected chi connectivity index (χ1v) is 7.71. The highest BCUT2D eigenvalue weighted by Crippen LogP contribution is 2.18. The van der Waals surface area contributed by atoms with E-state index >= 15 is 0 Å². The Morgan fingerprint density at radius 1 is 1.21 bits per heavy atom. The molecule has 0 atom stereocenters. The molecule has 0 fully saturated rings. The number of amides is 1. The summed E-state index contributed by atoms with van der Waals surface area (Å²) < 4.78 is 7.31. The van der Waals surface area contributed by atoms with Crippen molar-refractivity contribution in [2.45, 2.75) is 26.7 Å². The van der Waals surface area contributed by atoms with Crippen molar-refractivity contribution in [1.29, 1.82) is 0 Å². The smallest absolute Gasteiger partial charge is 0.265 e. The lowest BCUT2D eigenvalue weighted by Gasteiger charge is -2.04. The molecule has 7 heteroatoms. The summed E-state index contributed by atoms with van der Waals surface area (Å²) in [4.78, 5) is 12.0. The van der Waals surface area contributed by atoms with Gasteiger partial charge in [-0.1, -0.05) is 17.7 Å². The molecule has 1 amide bonds. The summed E-state index contributed by atoms with van der Waals surface area (Å²) in [6.45, 7) is 3.90. The lowest BCUT2D eigenvalue weighted by molar-refractivity contribution is -0.116. The molecule has 0 aliphatic rings. The molecular formula is C17H19N5O2. The third-order valence-electron chi connectivity index (χ3n) is 3.59. The zero-order valence-corrected chi connectivity index (χ0v) is 13.9. The summed E-state index contributed by atoms with van der Waals surface area (Å²) >= 11 is 0. The lowest BCUT2D eigenvalue weighted by Crippen LogP contribution is -2.12. The number of nitrogens with zero attached hydrogens (tertiary/aromatic N) is 4. The van der Waals surface area contributed by atoms with Crippen LogP contribution in [0.15, 0.2) is 34.7 Å². The van der Waals surface area contributed by atoms with Crippen LogP contribution >= 0.6 is 0 Å². The maximum atomic E-state index is 12.0. The predicted octanol–water partition coefficient (Wildman–Crippen LogP) is 2.66. The van der Waals surface area contributed by atoms with Gasteiger partial charge in [-0.05, 0) is 32.0 Å². The highest BCUT2D eigenvalue weighted by molar-refractivity contribution is 5.90. The minimum Gasteiger partial charge on any atom is -0.419 e. The van der Waals surface area contributed by atoms with Gasteiger partial charge in [-0.25, -0.2) is 0 Å². The van der Waals surface area contributed by atoms with Gasteiger partial charge in [0.1, 0.15) is 5.69 Å². The number of hydrogen-bond acceptors (Lipinski definition) is 5. The van der Waals surface area contributed by atoms with Gasteiger partial charge < -0.3 is 9.73 Å². The summed E-state index contributed by atoms with van der Waals surface area (Å²) in [6.07, 6.45) is 0.668. The molecule has 0 saturated carbocycles. The van der Waals surface area contributed by atoms with Gasteiger partial charge in [0.25, 0.3) is 5.89 Å². The van der Waals surface area contributed by atoms with Gasteiger partial charge in [0.15, 0.2) is 0 Å². The Bertz CT molecular complexity index is 848. The highest BCUT2D eigenvalue weighted by Gasteiger charge is 2.14. The Balaban J connectivity index is 1.58. The van der Waals surface area contributed by atoms with Crippen LogP contribution in [0.4, 0.5) is 5.69 Å². The summed E-state index contributed by atoms with van der Waals surface area (Å²) in [5.41, 5.74) is 3.57. The van der Waals surface area contributed by atoms with E-state index in [-0.39, 0.29) is 12.3 Å². The molecule has 0 saturated heterocycles. The van der Waals surface area contributed by atoms with Crippen LogP contribution in [0.2, 0.25) is 0 Å². The average Bonchev–Trinajstić information content (AvgIpc) is 3.13. The summed E-state index contributed by atoms with van der Waals surface area (Å²) in [6, 6.07) is 9.54. The molecule has 0 spiro atoms. The minimum absolute atomic E-state index is 0.0880. The van der Waals surface area contributed by atoms with E-state index in [0.29, 0.717) is 18.2 Å². The van der Waals surface area contributed by atoms with Gasteiger partial charge in [0, 0.05) is 25.6 Å². The minimum atomic E-state index is -0.0880. The molecule has 2 aromatic heterocycles. The molecule has 3 aromatic rings. The number of rotatable bonds is 5. The van der Waals surface area contributed by atoms with Crippen molar-refractivity contribution < 1.29 is 9.21 Å². The third-order valence-corrected chi connectivity index (χ3v) is 3.59. The maximum Gasteiger partial charge on any atom is 0.265 e. The fourth-order valence-electron chi connectivity index (χ4n) is 2.35. The second-order valence-electron chi connectivity index (χ2n) is 5.71. The Hall–Kier alpha value is -2.96. The quantitative estimate of drug-likeness (QED) is 0.779. The van der Waals surface area contributed by atoms with Crippen molar-refractivity contribution in [2.24, 2.45) is 7.05 Å². The standard InChI is InChI=1S/C17H19N5O2/c1-11-4-6-13(7-5-11)18-15(23)8-9-16-19-20-17(24-16)14-10-12(2)21-22(14)3/h4-7,10H,8-9H2,1-3H3,(H,18,23). The van der Waals surface area contributed by atoms with E-state index in [2.05, 4.69) is 20.6 Å². The van der Waals surface area contributed by atoms with E-state index in [1.54, 1.807) is 4.68 Å². The molecule has 0 aliphatic carbocycles. The molecule has 124 valence electrons. The second-order valence-corrected chi connectivity index (χ2v) is 5.71. The molecular weight excluding hydrogens is 306 g/mol. The molecule has 0 unspecified atom stereocenters. The number of anilines is 1. The van der Waals surface area contributed by atoms with E-state index < -0.39 is 0 Å². The van der Waals surface area contributed by atoms with Crippen LogP contribution in [0, 0.1) is 13.8 Å². The van der Waals surface area contributed by atoms with E-state index in [9.17, 15) is 4.79 Å². The zero-order chi connectivity index (χ0) is 17.1. The fourth-order valence-corrected chi connectivity index (χ4v) is 2.35. The second kappa shape index (κ2) is 6.66. The number of carbonyl (C=O) groups excluding carboxylic acids is 1. The number of carbonyl (C=O) groups is 1. The van der Waals surface area contributed by atoms with Crippen LogP contribution in [-0.2, 0) is 18.3 Å². The SMILES string of the molecule is Cc1ccc(NC(=O)CCc2nnc(-c3cc(C)nn3C)o2)cc1. The van der Waals surface area contributed by atoms with Gasteiger partial charge >= 0.3 is 0 Å². The van der Waals surface area contributed by atoms with Gasteiger partial charge in [0.05, 0.1) is 5.69 Å². The van der Waals surface area contributed by atoms with Gasteiger partial charge in [-0.2, -0.15) is 5.10 Å². The molecule has 3 rings (SSSR count). The number of nitrogens with one attached hydrogen (secondary N) is 1.